The molecule has 59 heavy (non-hydrogen) atoms. The smallest absolute Gasteiger partial charge is 0.0716 e. The standard InChI is InChI=1S/C56H39N3/c1-57-55(45-17-9-16-43(33-45)46-18-11-31-58-37-46)35-56(41-27-25-40(26-28-41)48-24-10-14-39-13-2-3-19-47(39)48)59-36-38-12-8-15-42(32-38)44-29-30-53-51-22-5-4-20-49(51)50-21-6-7-23-52(50)54(53)34-44/h2-35,37H,1,36H2/b55-35-,59-56?. The van der Waals surface area contributed by atoms with Gasteiger partial charge in [-0.05, 0) is 119 Å². The third-order valence-corrected chi connectivity index (χ3v) is 11.3. The first-order chi connectivity index (χ1) is 29.2. The van der Waals surface area contributed by atoms with Gasteiger partial charge in [-0.2, -0.15) is 0 Å². The molecule has 0 aliphatic carbocycles. The number of fused-ring (bicyclic) bond motifs is 7. The fourth-order valence-electron chi connectivity index (χ4n) is 8.37. The zero-order valence-corrected chi connectivity index (χ0v) is 32.5. The summed E-state index contributed by atoms with van der Waals surface area (Å²) in [7, 11) is 0. The van der Waals surface area contributed by atoms with Crippen LogP contribution in [0.5, 0.6) is 0 Å². The van der Waals surface area contributed by atoms with Crippen LogP contribution in [0.2, 0.25) is 0 Å². The molecule has 278 valence electrons. The molecule has 0 saturated carbocycles. The van der Waals surface area contributed by atoms with Gasteiger partial charge >= 0.3 is 0 Å². The minimum absolute atomic E-state index is 0.492. The highest BCUT2D eigenvalue weighted by molar-refractivity contribution is 6.25. The van der Waals surface area contributed by atoms with Crippen molar-refractivity contribution < 1.29 is 0 Å². The molecule has 3 nitrogen and oxygen atoms in total. The Bertz CT molecular complexity index is 3210. The first kappa shape index (κ1) is 35.6. The molecule has 3 heteroatoms. The lowest BCUT2D eigenvalue weighted by Crippen LogP contribution is -2.00. The van der Waals surface area contributed by atoms with Crippen LogP contribution in [0, 0.1) is 0 Å². The zero-order chi connectivity index (χ0) is 39.5. The number of allylic oxidation sites excluding steroid dienone is 1. The molecule has 1 heterocycles. The summed E-state index contributed by atoms with van der Waals surface area (Å²) < 4.78 is 0. The molecule has 10 rings (SSSR count). The van der Waals surface area contributed by atoms with Crippen molar-refractivity contribution in [2.24, 2.45) is 9.98 Å². The minimum atomic E-state index is 0.492. The summed E-state index contributed by atoms with van der Waals surface area (Å²) in [5, 5.41) is 10.1. The molecular formula is C56H39N3. The van der Waals surface area contributed by atoms with Gasteiger partial charge in [-0.25, -0.2) is 0 Å². The quantitative estimate of drug-likeness (QED) is 0.107. The highest BCUT2D eigenvalue weighted by Crippen LogP contribution is 2.37. The van der Waals surface area contributed by atoms with Crippen LogP contribution in [0.15, 0.2) is 223 Å². The first-order valence-electron chi connectivity index (χ1n) is 19.9. The van der Waals surface area contributed by atoms with Gasteiger partial charge in [0.25, 0.3) is 0 Å². The average Bonchev–Trinajstić information content (AvgIpc) is 3.32. The molecule has 0 spiro atoms. The van der Waals surface area contributed by atoms with Gasteiger partial charge in [0.05, 0.1) is 18.0 Å². The summed E-state index contributed by atoms with van der Waals surface area (Å²) in [4.78, 5) is 14.2. The van der Waals surface area contributed by atoms with Gasteiger partial charge in [-0.15, -0.1) is 0 Å². The molecule has 0 aliphatic rings. The number of aromatic nitrogens is 1. The van der Waals surface area contributed by atoms with Crippen molar-refractivity contribution in [3.05, 3.63) is 229 Å². The maximum atomic E-state index is 5.31. The number of aliphatic imine (C=N–C) groups is 2. The van der Waals surface area contributed by atoms with Crippen LogP contribution in [-0.2, 0) is 6.54 Å². The Hall–Kier alpha value is -7.75. The Kier molecular flexibility index (Phi) is 9.46. The summed E-state index contributed by atoms with van der Waals surface area (Å²) in [6, 6.07) is 69.2. The topological polar surface area (TPSA) is 37.6 Å². The largest absolute Gasteiger partial charge is 0.280 e. The molecule has 0 atom stereocenters. The van der Waals surface area contributed by atoms with Crippen LogP contribution in [0.25, 0.3) is 82.2 Å². The third-order valence-electron chi connectivity index (χ3n) is 11.3. The van der Waals surface area contributed by atoms with Crippen LogP contribution in [0.3, 0.4) is 0 Å². The lowest BCUT2D eigenvalue weighted by molar-refractivity contribution is 1.07. The predicted molar refractivity (Wildman–Crippen MR) is 251 cm³/mol. The predicted octanol–water partition coefficient (Wildman–Crippen LogP) is 14.4. The average molecular weight is 754 g/mol. The molecule has 9 aromatic carbocycles. The van der Waals surface area contributed by atoms with E-state index in [2.05, 4.69) is 211 Å². The van der Waals surface area contributed by atoms with Gasteiger partial charge < -0.3 is 0 Å². The fourth-order valence-corrected chi connectivity index (χ4v) is 8.37. The summed E-state index contributed by atoms with van der Waals surface area (Å²) in [6.45, 7) is 4.50. The van der Waals surface area contributed by atoms with E-state index in [9.17, 15) is 0 Å². The van der Waals surface area contributed by atoms with E-state index in [0.717, 1.165) is 50.4 Å². The van der Waals surface area contributed by atoms with Gasteiger partial charge in [-0.3, -0.25) is 15.0 Å². The number of benzene rings is 9. The van der Waals surface area contributed by atoms with E-state index in [4.69, 9.17) is 4.99 Å². The number of nitrogens with zero attached hydrogens (tertiary/aromatic N) is 3. The third kappa shape index (κ3) is 7.00. The van der Waals surface area contributed by atoms with E-state index >= 15 is 0 Å². The number of hydrogen-bond donors (Lipinski definition) is 0. The Morgan fingerprint density at radius 3 is 1.78 bits per heavy atom. The molecule has 1 aromatic heterocycles. The molecule has 0 saturated heterocycles. The second-order valence-corrected chi connectivity index (χ2v) is 14.9. The van der Waals surface area contributed by atoms with Gasteiger partial charge in [0, 0.05) is 23.5 Å². The fraction of sp³-hybridized carbons (Fsp3) is 0.0179. The molecule has 0 unspecified atom stereocenters. The minimum Gasteiger partial charge on any atom is -0.280 e. The van der Waals surface area contributed by atoms with Crippen molar-refractivity contribution in [2.45, 2.75) is 6.54 Å². The zero-order valence-electron chi connectivity index (χ0n) is 32.5. The van der Waals surface area contributed by atoms with E-state index in [1.807, 2.05) is 12.3 Å². The van der Waals surface area contributed by atoms with Gasteiger partial charge in [0.15, 0.2) is 0 Å². The molecule has 0 amide bonds. The lowest BCUT2D eigenvalue weighted by atomic mass is 9.92. The van der Waals surface area contributed by atoms with E-state index < -0.39 is 0 Å². The number of rotatable bonds is 9. The summed E-state index contributed by atoms with van der Waals surface area (Å²) >= 11 is 0. The summed E-state index contributed by atoms with van der Waals surface area (Å²) in [6.07, 6.45) is 5.73. The van der Waals surface area contributed by atoms with Crippen LogP contribution in [-0.4, -0.2) is 17.4 Å². The van der Waals surface area contributed by atoms with Crippen LogP contribution in [0.1, 0.15) is 16.7 Å². The van der Waals surface area contributed by atoms with Crippen molar-refractivity contribution in [1.82, 2.24) is 4.98 Å². The Balaban J connectivity index is 1.04. The summed E-state index contributed by atoms with van der Waals surface area (Å²) in [5.41, 5.74) is 11.5. The maximum absolute atomic E-state index is 5.31. The second kappa shape index (κ2) is 15.7. The number of pyridine rings is 1. The molecule has 0 N–H and O–H groups in total. The van der Waals surface area contributed by atoms with Crippen molar-refractivity contribution in [1.29, 1.82) is 0 Å². The van der Waals surface area contributed by atoms with Crippen molar-refractivity contribution >= 4 is 61.2 Å². The SMILES string of the molecule is C=N/C(=C\C(=NCc1cccc(-c2ccc3c4ccccc4c4ccccc4c3c2)c1)c1ccc(-c2cccc3ccccc23)cc1)c1cccc(-c2cccnc2)c1. The molecule has 10 aromatic rings. The van der Waals surface area contributed by atoms with Gasteiger partial charge in [0.2, 0.25) is 0 Å². The monoisotopic (exact) mass is 753 g/mol. The van der Waals surface area contributed by atoms with E-state index in [0.29, 0.717) is 6.54 Å². The second-order valence-electron chi connectivity index (χ2n) is 14.9. The van der Waals surface area contributed by atoms with E-state index in [1.54, 1.807) is 6.20 Å². The normalized spacial score (nSPS) is 12.1. The number of hydrogen-bond acceptors (Lipinski definition) is 3. The van der Waals surface area contributed by atoms with Gasteiger partial charge in [-0.1, -0.05) is 170 Å². The Labute approximate surface area is 344 Å². The van der Waals surface area contributed by atoms with Crippen LogP contribution >= 0.6 is 0 Å². The maximum Gasteiger partial charge on any atom is 0.0716 e. The highest BCUT2D eigenvalue weighted by Gasteiger charge is 2.12. The van der Waals surface area contributed by atoms with Crippen molar-refractivity contribution in [2.75, 3.05) is 0 Å². The Morgan fingerprint density at radius 2 is 1.05 bits per heavy atom. The van der Waals surface area contributed by atoms with E-state index in [-0.39, 0.29) is 0 Å². The molecule has 0 bridgehead atoms. The van der Waals surface area contributed by atoms with Crippen molar-refractivity contribution in [3.8, 4) is 33.4 Å². The van der Waals surface area contributed by atoms with Crippen LogP contribution in [0.4, 0.5) is 0 Å². The van der Waals surface area contributed by atoms with Crippen LogP contribution < -0.4 is 0 Å². The lowest BCUT2D eigenvalue weighted by Gasteiger charge is -2.12. The molecule has 0 fully saturated rings. The van der Waals surface area contributed by atoms with E-state index in [1.165, 1.54) is 54.2 Å². The van der Waals surface area contributed by atoms with Crippen molar-refractivity contribution in [3.63, 3.8) is 0 Å². The molecule has 0 aliphatic heterocycles. The molecular weight excluding hydrogens is 715 g/mol. The van der Waals surface area contributed by atoms with Gasteiger partial charge in [0.1, 0.15) is 0 Å². The first-order valence-corrected chi connectivity index (χ1v) is 19.9. The Morgan fingerprint density at radius 1 is 0.458 bits per heavy atom. The highest BCUT2D eigenvalue weighted by atomic mass is 14.8. The summed E-state index contributed by atoms with van der Waals surface area (Å²) in [5.74, 6) is 0. The molecule has 0 radical (unpaired) electrons.